The van der Waals surface area contributed by atoms with Crippen LogP contribution < -0.4 is 15.9 Å². The van der Waals surface area contributed by atoms with E-state index < -0.39 is 6.03 Å². The Kier molecular flexibility index (Phi) is 4.75. The second-order valence-corrected chi connectivity index (χ2v) is 3.34. The molecule has 3 N–H and O–H groups in total. The minimum Gasteiger partial charge on any atom is -0.497 e. The molecule has 0 heterocycles. The summed E-state index contributed by atoms with van der Waals surface area (Å²) >= 11 is 0. The second kappa shape index (κ2) is 6.32. The number of methoxy groups -OCH3 is 1. The Labute approximate surface area is 100.0 Å². The minimum atomic E-state index is -0.681. The van der Waals surface area contributed by atoms with Crippen LogP contribution in [0, 0.1) is 0 Å². The Bertz CT molecular complexity index is 453. The summed E-state index contributed by atoms with van der Waals surface area (Å²) in [6, 6.07) is 6.91. The summed E-state index contributed by atoms with van der Waals surface area (Å²) in [7, 11) is 1.62. The third-order valence-corrected chi connectivity index (χ3v) is 1.95. The van der Waals surface area contributed by atoms with Crippen molar-refractivity contribution in [3.8, 4) is 5.75 Å². The van der Waals surface area contributed by atoms with E-state index in [9.17, 15) is 4.79 Å². The van der Waals surface area contributed by atoms with Crippen molar-refractivity contribution >= 4 is 17.8 Å². The largest absolute Gasteiger partial charge is 0.497 e. The molecule has 0 radical (unpaired) electrons. The van der Waals surface area contributed by atoms with E-state index in [-0.39, 0.29) is 0 Å². The van der Waals surface area contributed by atoms with Crippen LogP contribution in [0.25, 0.3) is 6.08 Å². The topological polar surface area (TPSA) is 76.7 Å². The zero-order valence-electron chi connectivity index (χ0n) is 9.81. The number of hydrazone groups is 1. The number of amides is 2. The molecular weight excluding hydrogens is 218 g/mol. The van der Waals surface area contributed by atoms with Crippen molar-refractivity contribution < 1.29 is 9.53 Å². The molecule has 5 nitrogen and oxygen atoms in total. The lowest BCUT2D eigenvalue weighted by Gasteiger charge is -2.00. The molecule has 1 aromatic rings. The van der Waals surface area contributed by atoms with Crippen LogP contribution in [0.2, 0.25) is 0 Å². The van der Waals surface area contributed by atoms with Crippen molar-refractivity contribution in [1.29, 1.82) is 0 Å². The maximum Gasteiger partial charge on any atom is 0.332 e. The Hall–Kier alpha value is -2.30. The Morgan fingerprint density at radius 2 is 2.29 bits per heavy atom. The SMILES string of the molecule is COc1cccc(C=CC(C)=NNC(N)=O)c1. The summed E-state index contributed by atoms with van der Waals surface area (Å²) in [5.74, 6) is 0.789. The van der Waals surface area contributed by atoms with Gasteiger partial charge in [-0.25, -0.2) is 10.2 Å². The quantitative estimate of drug-likeness (QED) is 0.614. The molecule has 0 unspecified atom stereocenters. The number of primary amides is 1. The summed E-state index contributed by atoms with van der Waals surface area (Å²) in [6.45, 7) is 1.76. The van der Waals surface area contributed by atoms with Gasteiger partial charge in [0.25, 0.3) is 0 Å². The Morgan fingerprint density at radius 3 is 2.94 bits per heavy atom. The number of nitrogens with two attached hydrogens (primary N) is 1. The number of hydrogen-bond acceptors (Lipinski definition) is 3. The van der Waals surface area contributed by atoms with Crippen molar-refractivity contribution in [2.45, 2.75) is 6.92 Å². The fourth-order valence-electron chi connectivity index (χ4n) is 1.14. The van der Waals surface area contributed by atoms with E-state index in [0.29, 0.717) is 5.71 Å². The molecule has 90 valence electrons. The molecule has 0 bridgehead atoms. The molecule has 17 heavy (non-hydrogen) atoms. The third kappa shape index (κ3) is 4.83. The van der Waals surface area contributed by atoms with Crippen LogP contribution >= 0.6 is 0 Å². The summed E-state index contributed by atoms with van der Waals surface area (Å²) in [6.07, 6.45) is 3.63. The lowest BCUT2D eigenvalue weighted by atomic mass is 10.2. The number of ether oxygens (including phenoxy) is 1. The lowest BCUT2D eigenvalue weighted by molar-refractivity contribution is 0.249. The van der Waals surface area contributed by atoms with E-state index in [2.05, 4.69) is 10.5 Å². The molecular formula is C12H15N3O2. The predicted octanol–water partition coefficient (Wildman–Crippen LogP) is 1.75. The molecule has 0 saturated heterocycles. The van der Waals surface area contributed by atoms with Gasteiger partial charge in [-0.3, -0.25) is 0 Å². The molecule has 5 heteroatoms. The van der Waals surface area contributed by atoms with Gasteiger partial charge >= 0.3 is 6.03 Å². The van der Waals surface area contributed by atoms with Gasteiger partial charge < -0.3 is 10.5 Å². The van der Waals surface area contributed by atoms with Gasteiger partial charge in [-0.1, -0.05) is 18.2 Å². The number of carbonyl (C=O) groups is 1. The van der Waals surface area contributed by atoms with E-state index in [1.54, 1.807) is 20.1 Å². The fraction of sp³-hybridized carbons (Fsp3) is 0.167. The van der Waals surface area contributed by atoms with Gasteiger partial charge in [0.2, 0.25) is 0 Å². The summed E-state index contributed by atoms with van der Waals surface area (Å²) in [4.78, 5) is 10.4. The number of benzene rings is 1. The van der Waals surface area contributed by atoms with Gasteiger partial charge in [-0.15, -0.1) is 0 Å². The maximum absolute atomic E-state index is 10.4. The highest BCUT2D eigenvalue weighted by molar-refractivity contribution is 5.96. The van der Waals surface area contributed by atoms with Crippen LogP contribution in [0.15, 0.2) is 35.4 Å². The van der Waals surface area contributed by atoms with E-state index in [1.165, 1.54) is 0 Å². The lowest BCUT2D eigenvalue weighted by Crippen LogP contribution is -2.25. The monoisotopic (exact) mass is 233 g/mol. The van der Waals surface area contributed by atoms with Crippen LogP contribution in [0.1, 0.15) is 12.5 Å². The van der Waals surface area contributed by atoms with Gasteiger partial charge in [0.1, 0.15) is 5.75 Å². The molecule has 2 amide bonds. The average Bonchev–Trinajstić information content (AvgIpc) is 2.34. The van der Waals surface area contributed by atoms with Crippen molar-refractivity contribution in [1.82, 2.24) is 5.43 Å². The highest BCUT2D eigenvalue weighted by Crippen LogP contribution is 2.13. The van der Waals surface area contributed by atoms with E-state index in [1.807, 2.05) is 30.3 Å². The zero-order chi connectivity index (χ0) is 12.7. The molecule has 0 fully saturated rings. The highest BCUT2D eigenvalue weighted by atomic mass is 16.5. The van der Waals surface area contributed by atoms with Gasteiger partial charge in [0.05, 0.1) is 12.8 Å². The van der Waals surface area contributed by atoms with Crippen molar-refractivity contribution in [3.05, 3.63) is 35.9 Å². The Morgan fingerprint density at radius 1 is 1.53 bits per heavy atom. The van der Waals surface area contributed by atoms with Gasteiger partial charge in [-0.05, 0) is 30.7 Å². The Balaban J connectivity index is 2.69. The maximum atomic E-state index is 10.4. The molecule has 1 aromatic carbocycles. The van der Waals surface area contributed by atoms with Crippen LogP contribution in [0.5, 0.6) is 5.75 Å². The second-order valence-electron chi connectivity index (χ2n) is 3.34. The number of nitrogens with zero attached hydrogens (tertiary/aromatic N) is 1. The van der Waals surface area contributed by atoms with Crippen LogP contribution in [-0.4, -0.2) is 18.9 Å². The molecule has 0 aromatic heterocycles. The first-order valence-electron chi connectivity index (χ1n) is 5.03. The first kappa shape index (κ1) is 12.8. The first-order valence-corrected chi connectivity index (χ1v) is 5.03. The van der Waals surface area contributed by atoms with Crippen molar-refractivity contribution in [3.63, 3.8) is 0 Å². The highest BCUT2D eigenvalue weighted by Gasteiger charge is 1.92. The number of urea groups is 1. The molecule has 0 spiro atoms. The zero-order valence-corrected chi connectivity index (χ0v) is 9.81. The van der Waals surface area contributed by atoms with Crippen LogP contribution in [-0.2, 0) is 0 Å². The first-order chi connectivity index (χ1) is 8.11. The minimum absolute atomic E-state index is 0.645. The number of rotatable bonds is 4. The van der Waals surface area contributed by atoms with Gasteiger partial charge in [0.15, 0.2) is 0 Å². The number of hydrogen-bond donors (Lipinski definition) is 2. The standard InChI is InChI=1S/C12H15N3O2/c1-9(14-15-12(13)16)6-7-10-4-3-5-11(8-10)17-2/h3-8H,1-2H3,(H3,13,15,16). The van der Waals surface area contributed by atoms with Crippen molar-refractivity contribution in [2.75, 3.05) is 7.11 Å². The van der Waals surface area contributed by atoms with E-state index in [0.717, 1.165) is 11.3 Å². The number of allylic oxidation sites excluding steroid dienone is 1. The number of carbonyl (C=O) groups excluding carboxylic acids is 1. The summed E-state index contributed by atoms with van der Waals surface area (Å²) in [5, 5.41) is 3.76. The molecule has 0 atom stereocenters. The smallest absolute Gasteiger partial charge is 0.332 e. The molecule has 0 saturated carbocycles. The summed E-state index contributed by atoms with van der Waals surface area (Å²) in [5.41, 5.74) is 8.67. The molecule has 0 aliphatic heterocycles. The fourth-order valence-corrected chi connectivity index (χ4v) is 1.14. The average molecular weight is 233 g/mol. The van der Waals surface area contributed by atoms with Crippen LogP contribution in [0.3, 0.4) is 0 Å². The van der Waals surface area contributed by atoms with E-state index >= 15 is 0 Å². The van der Waals surface area contributed by atoms with Gasteiger partial charge in [-0.2, -0.15) is 5.10 Å². The third-order valence-electron chi connectivity index (χ3n) is 1.95. The molecule has 0 aliphatic rings. The normalized spacial score (nSPS) is 11.5. The summed E-state index contributed by atoms with van der Waals surface area (Å²) < 4.78 is 5.10. The predicted molar refractivity (Wildman–Crippen MR) is 67.9 cm³/mol. The van der Waals surface area contributed by atoms with Gasteiger partial charge in [0, 0.05) is 0 Å². The molecule has 1 rings (SSSR count). The van der Waals surface area contributed by atoms with Crippen molar-refractivity contribution in [2.24, 2.45) is 10.8 Å². The van der Waals surface area contributed by atoms with E-state index in [4.69, 9.17) is 10.5 Å². The molecule has 0 aliphatic carbocycles. The van der Waals surface area contributed by atoms with Crippen LogP contribution in [0.4, 0.5) is 4.79 Å². The number of nitrogens with one attached hydrogen (secondary N) is 1.